The highest BCUT2D eigenvalue weighted by Crippen LogP contribution is 2.32. The summed E-state index contributed by atoms with van der Waals surface area (Å²) in [4.78, 5) is 4.91. The molecule has 6 heteroatoms. The summed E-state index contributed by atoms with van der Waals surface area (Å²) in [6.45, 7) is 5.18. The second kappa shape index (κ2) is 8.71. The monoisotopic (exact) mass is 426 g/mol. The topological polar surface area (TPSA) is 50.1 Å². The maximum absolute atomic E-state index is 4.70. The number of anilines is 1. The summed E-state index contributed by atoms with van der Waals surface area (Å²) in [5.74, 6) is 0.992. The molecule has 164 valence electrons. The molecule has 6 nitrogen and oxygen atoms in total. The number of hydrogen-bond acceptors (Lipinski definition) is 5. The van der Waals surface area contributed by atoms with Crippen LogP contribution in [-0.4, -0.2) is 51.1 Å². The Morgan fingerprint density at radius 2 is 1.66 bits per heavy atom. The van der Waals surface area contributed by atoms with E-state index in [9.17, 15) is 0 Å². The molecule has 2 aromatic heterocycles. The summed E-state index contributed by atoms with van der Waals surface area (Å²) < 4.78 is 1.85. The van der Waals surface area contributed by atoms with E-state index in [0.29, 0.717) is 6.04 Å². The molecular weight excluding hydrogens is 396 g/mol. The molecule has 0 unspecified atom stereocenters. The zero-order valence-electron chi connectivity index (χ0n) is 19.1. The minimum Gasteiger partial charge on any atom is -0.354 e. The van der Waals surface area contributed by atoms with E-state index in [1.165, 1.54) is 11.1 Å². The number of fused-ring (bicyclic) bond motifs is 1. The van der Waals surface area contributed by atoms with Crippen molar-refractivity contribution in [1.82, 2.24) is 24.9 Å². The first kappa shape index (κ1) is 20.6. The summed E-state index contributed by atoms with van der Waals surface area (Å²) in [7, 11) is 4.20. The number of piperidine rings is 1. The number of rotatable bonds is 5. The standard InChI is InChI=1S/C26H30N6/c1-19-8-4-5-9-20(19)18-30(2)21-13-16-32(17-14-21)26-23-11-7-6-10-22(23)25(28-29-26)24-12-15-27-31(24)3/h4-12,15,21H,13-14,16-18H2,1-3H3. The van der Waals surface area contributed by atoms with Crippen molar-refractivity contribution in [2.75, 3.05) is 25.0 Å². The van der Waals surface area contributed by atoms with Gasteiger partial charge in [-0.15, -0.1) is 10.2 Å². The molecule has 4 aromatic rings. The highest BCUT2D eigenvalue weighted by molar-refractivity contribution is 5.99. The maximum atomic E-state index is 4.70. The second-order valence-electron chi connectivity index (χ2n) is 8.82. The largest absolute Gasteiger partial charge is 0.354 e. The van der Waals surface area contributed by atoms with E-state index in [1.807, 2.05) is 17.8 Å². The Balaban J connectivity index is 1.34. The van der Waals surface area contributed by atoms with Gasteiger partial charge < -0.3 is 4.90 Å². The van der Waals surface area contributed by atoms with Crippen LogP contribution in [0.15, 0.2) is 60.8 Å². The van der Waals surface area contributed by atoms with Gasteiger partial charge in [0.2, 0.25) is 0 Å². The van der Waals surface area contributed by atoms with Crippen LogP contribution < -0.4 is 4.90 Å². The number of aromatic nitrogens is 4. The smallest absolute Gasteiger partial charge is 0.159 e. The molecule has 32 heavy (non-hydrogen) atoms. The van der Waals surface area contributed by atoms with Crippen molar-refractivity contribution in [2.24, 2.45) is 7.05 Å². The van der Waals surface area contributed by atoms with E-state index in [4.69, 9.17) is 5.10 Å². The average Bonchev–Trinajstić information content (AvgIpc) is 3.25. The van der Waals surface area contributed by atoms with Crippen molar-refractivity contribution in [3.05, 3.63) is 71.9 Å². The first-order chi connectivity index (χ1) is 15.6. The quantitative estimate of drug-likeness (QED) is 0.472. The van der Waals surface area contributed by atoms with E-state index in [1.54, 1.807) is 6.20 Å². The summed E-state index contributed by atoms with van der Waals surface area (Å²) in [5.41, 5.74) is 4.65. The summed E-state index contributed by atoms with van der Waals surface area (Å²) in [5, 5.41) is 15.9. The van der Waals surface area contributed by atoms with E-state index in [-0.39, 0.29) is 0 Å². The van der Waals surface area contributed by atoms with Gasteiger partial charge >= 0.3 is 0 Å². The van der Waals surface area contributed by atoms with Gasteiger partial charge in [0.05, 0.1) is 5.69 Å². The fourth-order valence-corrected chi connectivity index (χ4v) is 4.82. The van der Waals surface area contributed by atoms with Crippen LogP contribution in [-0.2, 0) is 13.6 Å². The zero-order chi connectivity index (χ0) is 22.1. The number of aryl methyl sites for hydroxylation is 2. The van der Waals surface area contributed by atoms with E-state index in [2.05, 4.69) is 82.5 Å². The van der Waals surface area contributed by atoms with E-state index < -0.39 is 0 Å². The van der Waals surface area contributed by atoms with Gasteiger partial charge in [-0.3, -0.25) is 9.58 Å². The molecule has 3 heterocycles. The van der Waals surface area contributed by atoms with Crippen molar-refractivity contribution < 1.29 is 0 Å². The van der Waals surface area contributed by atoms with Gasteiger partial charge in [-0.25, -0.2) is 0 Å². The number of hydrogen-bond donors (Lipinski definition) is 0. The highest BCUT2D eigenvalue weighted by Gasteiger charge is 2.25. The Labute approximate surface area is 189 Å². The molecule has 1 saturated heterocycles. The third kappa shape index (κ3) is 3.86. The van der Waals surface area contributed by atoms with Crippen molar-refractivity contribution in [3.63, 3.8) is 0 Å². The summed E-state index contributed by atoms with van der Waals surface area (Å²) >= 11 is 0. The predicted molar refractivity (Wildman–Crippen MR) is 130 cm³/mol. The Hall–Kier alpha value is -3.25. The van der Waals surface area contributed by atoms with Gasteiger partial charge in [-0.2, -0.15) is 5.10 Å². The Morgan fingerprint density at radius 3 is 2.38 bits per heavy atom. The Morgan fingerprint density at radius 1 is 0.938 bits per heavy atom. The maximum Gasteiger partial charge on any atom is 0.159 e. The lowest BCUT2D eigenvalue weighted by Crippen LogP contribution is -2.43. The molecular formula is C26H30N6. The van der Waals surface area contributed by atoms with Gasteiger partial charge in [0.25, 0.3) is 0 Å². The summed E-state index contributed by atoms with van der Waals surface area (Å²) in [6.07, 6.45) is 4.06. The molecule has 0 saturated carbocycles. The van der Waals surface area contributed by atoms with Crippen LogP contribution in [0.2, 0.25) is 0 Å². The lowest BCUT2D eigenvalue weighted by Gasteiger charge is -2.37. The van der Waals surface area contributed by atoms with Crippen LogP contribution in [0.3, 0.4) is 0 Å². The summed E-state index contributed by atoms with van der Waals surface area (Å²) in [6, 6.07) is 19.7. The number of benzene rings is 2. The van der Waals surface area contributed by atoms with Gasteiger partial charge in [0.15, 0.2) is 5.82 Å². The van der Waals surface area contributed by atoms with Crippen LogP contribution in [0.1, 0.15) is 24.0 Å². The fraction of sp³-hybridized carbons (Fsp3) is 0.346. The predicted octanol–water partition coefficient (Wildman–Crippen LogP) is 4.44. The van der Waals surface area contributed by atoms with Crippen molar-refractivity contribution in [2.45, 2.75) is 32.4 Å². The number of nitrogens with zero attached hydrogens (tertiary/aromatic N) is 6. The van der Waals surface area contributed by atoms with Crippen molar-refractivity contribution in [3.8, 4) is 11.4 Å². The average molecular weight is 427 g/mol. The van der Waals surface area contributed by atoms with Gasteiger partial charge in [0.1, 0.15) is 5.69 Å². The molecule has 0 radical (unpaired) electrons. The molecule has 0 N–H and O–H groups in total. The van der Waals surface area contributed by atoms with Crippen LogP contribution in [0.4, 0.5) is 5.82 Å². The van der Waals surface area contributed by atoms with Crippen LogP contribution in [0.5, 0.6) is 0 Å². The molecule has 0 amide bonds. The normalized spacial score (nSPS) is 15.1. The fourth-order valence-electron chi connectivity index (χ4n) is 4.82. The molecule has 0 aliphatic carbocycles. The first-order valence-electron chi connectivity index (χ1n) is 11.4. The Bertz CT molecular complexity index is 1220. The third-order valence-electron chi connectivity index (χ3n) is 6.80. The van der Waals surface area contributed by atoms with Crippen molar-refractivity contribution >= 4 is 16.6 Å². The SMILES string of the molecule is Cc1ccccc1CN(C)C1CCN(c2nnc(-c3ccnn3C)c3ccccc23)CC1. The van der Waals surface area contributed by atoms with Gasteiger partial charge in [-0.05, 0) is 44.0 Å². The third-order valence-corrected chi connectivity index (χ3v) is 6.80. The van der Waals surface area contributed by atoms with E-state index in [0.717, 1.165) is 60.5 Å². The second-order valence-corrected chi connectivity index (χ2v) is 8.82. The molecule has 0 bridgehead atoms. The van der Waals surface area contributed by atoms with Gasteiger partial charge in [0, 0.05) is 49.7 Å². The molecule has 0 atom stereocenters. The lowest BCUT2D eigenvalue weighted by atomic mass is 10.0. The van der Waals surface area contributed by atoms with E-state index >= 15 is 0 Å². The molecule has 5 rings (SSSR count). The Kier molecular flexibility index (Phi) is 5.62. The molecule has 1 fully saturated rings. The van der Waals surface area contributed by atoms with Crippen LogP contribution in [0, 0.1) is 6.92 Å². The zero-order valence-corrected chi connectivity index (χ0v) is 19.1. The lowest BCUT2D eigenvalue weighted by molar-refractivity contribution is 0.200. The minimum atomic E-state index is 0.582. The van der Waals surface area contributed by atoms with Crippen LogP contribution in [0.25, 0.3) is 22.2 Å². The van der Waals surface area contributed by atoms with Gasteiger partial charge in [-0.1, -0.05) is 48.5 Å². The minimum absolute atomic E-state index is 0.582. The molecule has 2 aromatic carbocycles. The van der Waals surface area contributed by atoms with Crippen molar-refractivity contribution in [1.29, 1.82) is 0 Å². The molecule has 0 spiro atoms. The molecule has 1 aliphatic rings. The van der Waals surface area contributed by atoms with Crippen LogP contribution >= 0.6 is 0 Å². The molecule has 1 aliphatic heterocycles. The highest BCUT2D eigenvalue weighted by atomic mass is 15.3. The first-order valence-corrected chi connectivity index (χ1v) is 11.4.